The lowest BCUT2D eigenvalue weighted by molar-refractivity contribution is 0.561. The van der Waals surface area contributed by atoms with Gasteiger partial charge in [0.05, 0.1) is 0 Å². The Labute approximate surface area is 88.7 Å². The molecule has 0 unspecified atom stereocenters. The minimum atomic E-state index is 0.145. The molecular weight excluding hydrogens is 226 g/mol. The largest absolute Gasteiger partial charge is 0.259 e. The third kappa shape index (κ3) is 2.53. The summed E-state index contributed by atoms with van der Waals surface area (Å²) in [7, 11) is 0. The summed E-state index contributed by atoms with van der Waals surface area (Å²) in [6.07, 6.45) is 2.92. The molecule has 1 aromatic heterocycles. The molecule has 72 valence electrons. The van der Waals surface area contributed by atoms with Gasteiger partial charge in [-0.2, -0.15) is 0 Å². The van der Waals surface area contributed by atoms with Gasteiger partial charge in [-0.3, -0.25) is 4.98 Å². The van der Waals surface area contributed by atoms with Crippen LogP contribution in [0.3, 0.4) is 0 Å². The van der Waals surface area contributed by atoms with Crippen LogP contribution >= 0.6 is 15.9 Å². The van der Waals surface area contributed by atoms with Crippen molar-refractivity contribution in [2.45, 2.75) is 39.5 Å². The van der Waals surface area contributed by atoms with Crippen LogP contribution < -0.4 is 0 Å². The number of rotatable bonds is 1. The lowest BCUT2D eigenvalue weighted by atomic mass is 9.88. The fourth-order valence-electron chi connectivity index (χ4n) is 1.43. The minimum absolute atomic E-state index is 0.145. The maximum Gasteiger partial charge on any atom is 0.0489 e. The first-order valence-electron chi connectivity index (χ1n) is 4.60. The van der Waals surface area contributed by atoms with E-state index in [1.807, 2.05) is 6.20 Å². The highest BCUT2D eigenvalue weighted by molar-refractivity contribution is 9.10. The van der Waals surface area contributed by atoms with E-state index in [0.29, 0.717) is 0 Å². The molecule has 0 saturated heterocycles. The Morgan fingerprint density at radius 3 is 2.46 bits per heavy atom. The summed E-state index contributed by atoms with van der Waals surface area (Å²) < 4.78 is 1.07. The van der Waals surface area contributed by atoms with Crippen molar-refractivity contribution in [1.29, 1.82) is 0 Å². The normalized spacial score (nSPS) is 11.8. The maximum atomic E-state index is 4.47. The monoisotopic (exact) mass is 241 g/mol. The molecule has 0 radical (unpaired) electrons. The number of aromatic nitrogens is 1. The summed E-state index contributed by atoms with van der Waals surface area (Å²) in [5.41, 5.74) is 2.69. The number of aryl methyl sites for hydroxylation is 1. The number of hydrogen-bond donors (Lipinski definition) is 0. The summed E-state index contributed by atoms with van der Waals surface area (Å²) in [6, 6.07) is 2.16. The van der Waals surface area contributed by atoms with Gasteiger partial charge in [-0.15, -0.1) is 0 Å². The van der Waals surface area contributed by atoms with E-state index in [2.05, 4.69) is 54.7 Å². The molecule has 0 aliphatic heterocycles. The Morgan fingerprint density at radius 1 is 1.38 bits per heavy atom. The van der Waals surface area contributed by atoms with Gasteiger partial charge >= 0.3 is 0 Å². The fourth-order valence-corrected chi connectivity index (χ4v) is 1.80. The van der Waals surface area contributed by atoms with E-state index in [9.17, 15) is 0 Å². The van der Waals surface area contributed by atoms with Crippen LogP contribution in [0.1, 0.15) is 39.0 Å². The molecule has 1 nitrogen and oxygen atoms in total. The summed E-state index contributed by atoms with van der Waals surface area (Å²) in [6.45, 7) is 8.76. The first-order chi connectivity index (χ1) is 5.95. The van der Waals surface area contributed by atoms with Crippen LogP contribution in [0.5, 0.6) is 0 Å². The van der Waals surface area contributed by atoms with E-state index >= 15 is 0 Å². The van der Waals surface area contributed by atoms with E-state index in [1.165, 1.54) is 11.3 Å². The predicted octanol–water partition coefficient (Wildman–Crippen LogP) is 3.70. The smallest absolute Gasteiger partial charge is 0.0489 e. The maximum absolute atomic E-state index is 4.47. The first-order valence-corrected chi connectivity index (χ1v) is 5.39. The lowest BCUT2D eigenvalue weighted by Crippen LogP contribution is -2.16. The molecule has 13 heavy (non-hydrogen) atoms. The quantitative estimate of drug-likeness (QED) is 0.731. The van der Waals surface area contributed by atoms with E-state index in [4.69, 9.17) is 0 Å². The van der Waals surface area contributed by atoms with E-state index in [1.54, 1.807) is 0 Å². The highest BCUT2D eigenvalue weighted by Crippen LogP contribution is 2.25. The molecule has 0 aliphatic carbocycles. The predicted molar refractivity (Wildman–Crippen MR) is 60.0 cm³/mol. The Hall–Kier alpha value is -0.370. The van der Waals surface area contributed by atoms with Gasteiger partial charge in [0, 0.05) is 21.8 Å². The van der Waals surface area contributed by atoms with Crippen molar-refractivity contribution in [2.24, 2.45) is 0 Å². The molecule has 0 amide bonds. The lowest BCUT2D eigenvalue weighted by Gasteiger charge is -2.21. The van der Waals surface area contributed by atoms with Gasteiger partial charge in [0.15, 0.2) is 0 Å². The third-order valence-corrected chi connectivity index (χ3v) is 2.46. The van der Waals surface area contributed by atoms with E-state index in [-0.39, 0.29) is 5.41 Å². The fraction of sp³-hybridized carbons (Fsp3) is 0.545. The second-order valence-corrected chi connectivity index (χ2v) is 5.18. The van der Waals surface area contributed by atoms with Crippen molar-refractivity contribution in [3.8, 4) is 0 Å². The van der Waals surface area contributed by atoms with Crippen molar-refractivity contribution in [2.75, 3.05) is 0 Å². The Morgan fingerprint density at radius 2 is 2.00 bits per heavy atom. The number of halogens is 1. The SMILES string of the molecule is CCc1cc(Br)cnc1C(C)(C)C. The minimum Gasteiger partial charge on any atom is -0.259 e. The van der Waals surface area contributed by atoms with Crippen molar-refractivity contribution in [3.63, 3.8) is 0 Å². The van der Waals surface area contributed by atoms with Crippen molar-refractivity contribution < 1.29 is 0 Å². The zero-order chi connectivity index (χ0) is 10.1. The number of pyridine rings is 1. The molecule has 1 aromatic rings. The van der Waals surface area contributed by atoms with Crippen LogP contribution in [-0.2, 0) is 11.8 Å². The molecule has 0 aromatic carbocycles. The zero-order valence-electron chi connectivity index (χ0n) is 8.69. The van der Waals surface area contributed by atoms with Gasteiger partial charge in [0.1, 0.15) is 0 Å². The Kier molecular flexibility index (Phi) is 3.12. The van der Waals surface area contributed by atoms with Crippen LogP contribution in [0.25, 0.3) is 0 Å². The van der Waals surface area contributed by atoms with Crippen molar-refractivity contribution >= 4 is 15.9 Å². The molecule has 2 heteroatoms. The molecular formula is C11H16BrN. The molecule has 0 fully saturated rings. The van der Waals surface area contributed by atoms with Gasteiger partial charge in [0.25, 0.3) is 0 Å². The van der Waals surface area contributed by atoms with Gasteiger partial charge < -0.3 is 0 Å². The second kappa shape index (κ2) is 3.79. The molecule has 0 atom stereocenters. The molecule has 0 spiro atoms. The van der Waals surface area contributed by atoms with Gasteiger partial charge in [0.2, 0.25) is 0 Å². The standard InChI is InChI=1S/C11H16BrN/c1-5-8-6-9(12)7-13-10(8)11(2,3)4/h6-7H,5H2,1-4H3. The highest BCUT2D eigenvalue weighted by atomic mass is 79.9. The van der Waals surface area contributed by atoms with Crippen LogP contribution in [-0.4, -0.2) is 4.98 Å². The van der Waals surface area contributed by atoms with Gasteiger partial charge in [-0.25, -0.2) is 0 Å². The molecule has 0 bridgehead atoms. The highest BCUT2D eigenvalue weighted by Gasteiger charge is 2.18. The van der Waals surface area contributed by atoms with E-state index < -0.39 is 0 Å². The van der Waals surface area contributed by atoms with Gasteiger partial charge in [-0.05, 0) is 34.0 Å². The molecule has 0 aliphatic rings. The van der Waals surface area contributed by atoms with Crippen molar-refractivity contribution in [1.82, 2.24) is 4.98 Å². The van der Waals surface area contributed by atoms with Crippen molar-refractivity contribution in [3.05, 3.63) is 28.0 Å². The summed E-state index contributed by atoms with van der Waals surface area (Å²) in [4.78, 5) is 4.47. The average Bonchev–Trinajstić information content (AvgIpc) is 2.01. The van der Waals surface area contributed by atoms with Crippen LogP contribution in [0.15, 0.2) is 16.7 Å². The molecule has 1 heterocycles. The second-order valence-electron chi connectivity index (χ2n) is 4.26. The van der Waals surface area contributed by atoms with Gasteiger partial charge in [-0.1, -0.05) is 27.7 Å². The van der Waals surface area contributed by atoms with Crippen LogP contribution in [0, 0.1) is 0 Å². The van der Waals surface area contributed by atoms with E-state index in [0.717, 1.165) is 10.9 Å². The molecule has 0 saturated carbocycles. The number of nitrogens with zero attached hydrogens (tertiary/aromatic N) is 1. The topological polar surface area (TPSA) is 12.9 Å². The van der Waals surface area contributed by atoms with Crippen LogP contribution in [0.2, 0.25) is 0 Å². The molecule has 1 rings (SSSR count). The van der Waals surface area contributed by atoms with Crippen LogP contribution in [0.4, 0.5) is 0 Å². The average molecular weight is 242 g/mol. The molecule has 0 N–H and O–H groups in total. The number of hydrogen-bond acceptors (Lipinski definition) is 1. The summed E-state index contributed by atoms with van der Waals surface area (Å²) >= 11 is 3.44. The summed E-state index contributed by atoms with van der Waals surface area (Å²) in [5, 5.41) is 0. The third-order valence-electron chi connectivity index (χ3n) is 2.02. The zero-order valence-corrected chi connectivity index (χ0v) is 10.3. The summed E-state index contributed by atoms with van der Waals surface area (Å²) in [5.74, 6) is 0. The Balaban J connectivity index is 3.22. The first kappa shape index (κ1) is 10.7. The Bertz CT molecular complexity index is 299.